The van der Waals surface area contributed by atoms with E-state index in [0.717, 1.165) is 56.9 Å². The van der Waals surface area contributed by atoms with Gasteiger partial charge in [-0.3, -0.25) is 9.67 Å². The predicted octanol–water partition coefficient (Wildman–Crippen LogP) is 3.95. The molecule has 2 atom stereocenters. The Balaban J connectivity index is 1.22. The molecule has 3 aromatic heterocycles. The van der Waals surface area contributed by atoms with E-state index in [4.69, 9.17) is 15.6 Å². The van der Waals surface area contributed by atoms with E-state index in [1.54, 1.807) is 12.3 Å². The second-order valence-electron chi connectivity index (χ2n) is 10.3. The third-order valence-corrected chi connectivity index (χ3v) is 7.98. The highest BCUT2D eigenvalue weighted by atomic mass is 19.1. The number of urea groups is 1. The number of nitrogens with two attached hydrogens (primary N) is 1. The van der Waals surface area contributed by atoms with Crippen LogP contribution in [0.15, 0.2) is 30.7 Å². The van der Waals surface area contributed by atoms with Crippen molar-refractivity contribution in [1.29, 1.82) is 0 Å². The monoisotopic (exact) mass is 509 g/mol. The number of halogens is 2. The molecule has 0 aromatic carbocycles. The lowest BCUT2D eigenvalue weighted by Gasteiger charge is -2.30. The van der Waals surface area contributed by atoms with E-state index in [2.05, 4.69) is 15.3 Å². The highest BCUT2D eigenvalue weighted by Gasteiger charge is 2.47. The standard InChI is InChI=1S/C26H29F2N7O2/c1-15(23-18(27)12-30-13-19(23)28)37-21-9-16(11-31-24(21)29)20-10-22-26(6-8-35(22)33-20)5-7-34(14-26)25(36)32-17-3-2-4-17/h9-13,15,17H,2-8,14H2,1H3,(H2,29,31)(H,32,36)/t15?,26-/m1/s1. The van der Waals surface area contributed by atoms with Crippen LogP contribution < -0.4 is 15.8 Å². The Kier molecular flexibility index (Phi) is 5.73. The number of nitrogens with zero attached hydrogens (tertiary/aromatic N) is 5. The van der Waals surface area contributed by atoms with Crippen LogP contribution in [0.3, 0.4) is 0 Å². The molecule has 3 N–H and O–H groups in total. The van der Waals surface area contributed by atoms with Gasteiger partial charge in [-0.25, -0.2) is 18.6 Å². The van der Waals surface area contributed by atoms with Gasteiger partial charge in [0.25, 0.3) is 0 Å². The number of nitrogens with one attached hydrogen (secondary N) is 1. The van der Waals surface area contributed by atoms with E-state index < -0.39 is 17.7 Å². The van der Waals surface area contributed by atoms with E-state index in [1.165, 1.54) is 13.3 Å². The molecule has 0 radical (unpaired) electrons. The Bertz CT molecular complexity index is 1340. The maximum Gasteiger partial charge on any atom is 0.317 e. The minimum Gasteiger partial charge on any atom is -0.482 e. The number of hydrogen-bond acceptors (Lipinski definition) is 6. The third-order valence-electron chi connectivity index (χ3n) is 7.98. The summed E-state index contributed by atoms with van der Waals surface area (Å²) in [5.74, 6) is -1.27. The van der Waals surface area contributed by atoms with Crippen molar-refractivity contribution in [3.05, 3.63) is 53.6 Å². The number of carbonyl (C=O) groups excluding carboxylic acids is 1. The quantitative estimate of drug-likeness (QED) is 0.539. The second-order valence-corrected chi connectivity index (χ2v) is 10.3. The van der Waals surface area contributed by atoms with Crippen LogP contribution in [0.2, 0.25) is 0 Å². The predicted molar refractivity (Wildman–Crippen MR) is 132 cm³/mol. The SMILES string of the molecule is CC(Oc1cc(-c2cc3n(n2)CC[C@@]32CCN(C(=O)NC3CCC3)C2)cnc1N)c1c(F)cncc1F. The Hall–Kier alpha value is -3.76. The van der Waals surface area contributed by atoms with E-state index in [-0.39, 0.29) is 28.6 Å². The number of pyridine rings is 2. The fourth-order valence-corrected chi connectivity index (χ4v) is 5.63. The van der Waals surface area contributed by atoms with Gasteiger partial charge in [0.2, 0.25) is 0 Å². The Labute approximate surface area is 213 Å². The van der Waals surface area contributed by atoms with Gasteiger partial charge in [-0.05, 0) is 51.2 Å². The molecule has 3 aromatic rings. The number of anilines is 1. The van der Waals surface area contributed by atoms with Crippen LogP contribution in [0.1, 0.15) is 56.4 Å². The molecule has 3 aliphatic rings. The summed E-state index contributed by atoms with van der Waals surface area (Å²) >= 11 is 0. The molecule has 1 saturated heterocycles. The number of nitrogen functional groups attached to an aromatic ring is 1. The van der Waals surface area contributed by atoms with Crippen molar-refractivity contribution in [1.82, 2.24) is 30.0 Å². The molecule has 2 amide bonds. The van der Waals surface area contributed by atoms with E-state index >= 15 is 0 Å². The number of hydrogen-bond donors (Lipinski definition) is 2. The van der Waals surface area contributed by atoms with Gasteiger partial charge in [0, 0.05) is 48.5 Å². The number of fused-ring (bicyclic) bond motifs is 2. The second kappa shape index (κ2) is 8.97. The van der Waals surface area contributed by atoms with E-state index in [9.17, 15) is 13.6 Å². The van der Waals surface area contributed by atoms with Gasteiger partial charge in [-0.1, -0.05) is 0 Å². The van der Waals surface area contributed by atoms with Crippen LogP contribution in [0.5, 0.6) is 5.75 Å². The first-order chi connectivity index (χ1) is 17.8. The minimum absolute atomic E-state index is 0.0282. The van der Waals surface area contributed by atoms with Gasteiger partial charge in [0.05, 0.1) is 23.7 Å². The van der Waals surface area contributed by atoms with Gasteiger partial charge in [-0.2, -0.15) is 5.10 Å². The number of rotatable bonds is 5. The number of aryl methyl sites for hydroxylation is 1. The van der Waals surface area contributed by atoms with Crippen molar-refractivity contribution < 1.29 is 18.3 Å². The maximum atomic E-state index is 14.2. The van der Waals surface area contributed by atoms with Crippen LogP contribution in [-0.4, -0.2) is 49.8 Å². The van der Waals surface area contributed by atoms with Crippen LogP contribution in [0, 0.1) is 11.6 Å². The summed E-state index contributed by atoms with van der Waals surface area (Å²) in [4.78, 5) is 22.4. The molecule has 9 nitrogen and oxygen atoms in total. The first-order valence-corrected chi connectivity index (χ1v) is 12.7. The fourth-order valence-electron chi connectivity index (χ4n) is 5.63. The zero-order valence-electron chi connectivity index (χ0n) is 20.6. The largest absolute Gasteiger partial charge is 0.482 e. The average molecular weight is 510 g/mol. The summed E-state index contributed by atoms with van der Waals surface area (Å²) in [6, 6.07) is 4.07. The molecule has 2 fully saturated rings. The van der Waals surface area contributed by atoms with Crippen LogP contribution >= 0.6 is 0 Å². The zero-order valence-corrected chi connectivity index (χ0v) is 20.6. The lowest BCUT2D eigenvalue weighted by Crippen LogP contribution is -2.47. The van der Waals surface area contributed by atoms with Crippen molar-refractivity contribution in [3.8, 4) is 17.0 Å². The average Bonchev–Trinajstić information content (AvgIpc) is 3.54. The van der Waals surface area contributed by atoms with Crippen molar-refractivity contribution >= 4 is 11.8 Å². The molecule has 37 heavy (non-hydrogen) atoms. The molecule has 1 unspecified atom stereocenters. The fraction of sp³-hybridized carbons (Fsp3) is 0.462. The summed E-state index contributed by atoms with van der Waals surface area (Å²) < 4.78 is 36.2. The number of ether oxygens (including phenoxy) is 1. The summed E-state index contributed by atoms with van der Waals surface area (Å²) in [6.45, 7) is 3.71. The van der Waals surface area contributed by atoms with Gasteiger partial charge < -0.3 is 20.7 Å². The summed E-state index contributed by atoms with van der Waals surface area (Å²) in [6.07, 6.45) is 7.69. The van der Waals surface area contributed by atoms with Crippen molar-refractivity contribution in [3.63, 3.8) is 0 Å². The third kappa shape index (κ3) is 4.15. The first kappa shape index (κ1) is 23.6. The molecule has 11 heteroatoms. The normalized spacial score (nSPS) is 21.6. The Morgan fingerprint density at radius 2 is 1.95 bits per heavy atom. The smallest absolute Gasteiger partial charge is 0.317 e. The molecular weight excluding hydrogens is 480 g/mol. The topological polar surface area (TPSA) is 111 Å². The van der Waals surface area contributed by atoms with Gasteiger partial charge in [-0.15, -0.1) is 0 Å². The molecular formula is C26H29F2N7O2. The van der Waals surface area contributed by atoms with E-state index in [0.29, 0.717) is 23.8 Å². The minimum atomic E-state index is -0.951. The summed E-state index contributed by atoms with van der Waals surface area (Å²) in [7, 11) is 0. The molecule has 5 heterocycles. The van der Waals surface area contributed by atoms with Gasteiger partial charge in [0.1, 0.15) is 6.10 Å². The van der Waals surface area contributed by atoms with Crippen molar-refractivity contribution in [2.24, 2.45) is 0 Å². The zero-order chi connectivity index (χ0) is 25.7. The summed E-state index contributed by atoms with van der Waals surface area (Å²) in [5, 5.41) is 7.94. The van der Waals surface area contributed by atoms with Gasteiger partial charge in [0.15, 0.2) is 23.2 Å². The summed E-state index contributed by atoms with van der Waals surface area (Å²) in [5.41, 5.74) is 8.17. The van der Waals surface area contributed by atoms with Crippen LogP contribution in [-0.2, 0) is 12.0 Å². The molecule has 1 saturated carbocycles. The molecule has 1 aliphatic carbocycles. The molecule has 1 spiro atoms. The lowest BCUT2D eigenvalue weighted by molar-refractivity contribution is 0.193. The molecule has 194 valence electrons. The van der Waals surface area contributed by atoms with E-state index in [1.807, 2.05) is 15.6 Å². The number of amides is 2. The lowest BCUT2D eigenvalue weighted by atomic mass is 9.82. The van der Waals surface area contributed by atoms with Gasteiger partial charge >= 0.3 is 6.03 Å². The first-order valence-electron chi connectivity index (χ1n) is 12.7. The maximum absolute atomic E-state index is 14.2. The van der Waals surface area contributed by atoms with Crippen molar-refractivity contribution in [2.45, 2.75) is 63.1 Å². The number of likely N-dealkylation sites (tertiary alicyclic amines) is 1. The highest BCUT2D eigenvalue weighted by molar-refractivity contribution is 5.75. The van der Waals surface area contributed by atoms with Crippen LogP contribution in [0.4, 0.5) is 19.4 Å². The van der Waals surface area contributed by atoms with Crippen molar-refractivity contribution in [2.75, 3.05) is 18.8 Å². The Morgan fingerprint density at radius 1 is 1.19 bits per heavy atom. The number of carbonyl (C=O) groups is 1. The van der Waals surface area contributed by atoms with Crippen LogP contribution in [0.25, 0.3) is 11.3 Å². The number of aromatic nitrogens is 4. The molecule has 2 aliphatic heterocycles. The molecule has 6 rings (SSSR count). The Morgan fingerprint density at radius 3 is 2.68 bits per heavy atom. The highest BCUT2D eigenvalue weighted by Crippen LogP contribution is 2.44. The molecule has 0 bridgehead atoms.